The van der Waals surface area contributed by atoms with Crippen LogP contribution < -0.4 is 0 Å². The van der Waals surface area contributed by atoms with E-state index in [2.05, 4.69) is 20.6 Å². The number of carbonyl (C=O) groups is 8. The lowest BCUT2D eigenvalue weighted by Crippen LogP contribution is -2.63. The molecule has 0 saturated carbocycles. The molecule has 0 N–H and O–H groups in total. The number of hydrogen-bond acceptors (Lipinski definition) is 26. The summed E-state index contributed by atoms with van der Waals surface area (Å²) in [6.45, 7) is 9.36. The van der Waals surface area contributed by atoms with Crippen LogP contribution in [0.3, 0.4) is 0 Å². The van der Waals surface area contributed by atoms with Crippen molar-refractivity contribution < 1.29 is 105 Å². The second kappa shape index (κ2) is 27.7. The molecule has 10 atom stereocenters. The molecule has 2 aliphatic rings. The van der Waals surface area contributed by atoms with Crippen LogP contribution in [0.2, 0.25) is 0 Å². The Kier molecular flexibility index (Phi) is 22.2. The first-order chi connectivity index (χ1) is 32.8. The fourth-order valence-electron chi connectivity index (χ4n) is 6.81. The number of aromatic nitrogens is 6. The molecule has 2 aromatic heterocycles. The normalized spacial score (nSPS) is 24.3. The van der Waals surface area contributed by atoms with E-state index in [1.165, 1.54) is 23.2 Å². The summed E-state index contributed by atoms with van der Waals surface area (Å²) in [6, 6.07) is 0. The maximum Gasteiger partial charge on any atom is 0.303 e. The largest absolute Gasteiger partial charge is 0.463 e. The zero-order valence-corrected chi connectivity index (χ0v) is 39.4. The van der Waals surface area contributed by atoms with Crippen molar-refractivity contribution in [1.29, 1.82) is 0 Å². The molecule has 0 amide bonds. The van der Waals surface area contributed by atoms with Gasteiger partial charge in [-0.15, -0.1) is 10.2 Å². The first kappa shape index (κ1) is 55.4. The lowest BCUT2D eigenvalue weighted by atomic mass is 9.98. The molecule has 0 spiro atoms. The Morgan fingerprint density at radius 2 is 0.797 bits per heavy atom. The van der Waals surface area contributed by atoms with Crippen LogP contribution in [-0.2, 0) is 131 Å². The van der Waals surface area contributed by atoms with Crippen molar-refractivity contribution in [1.82, 2.24) is 30.0 Å². The van der Waals surface area contributed by atoms with Crippen molar-refractivity contribution in [2.45, 2.75) is 150 Å². The smallest absolute Gasteiger partial charge is 0.303 e. The number of nitrogens with zero attached hydrogens (tertiary/aromatic N) is 6. The zero-order chi connectivity index (χ0) is 50.6. The molecule has 4 rings (SSSR count). The van der Waals surface area contributed by atoms with Crippen molar-refractivity contribution >= 4 is 47.8 Å². The summed E-state index contributed by atoms with van der Waals surface area (Å²) in [5.41, 5.74) is 1.02. The Bertz CT molecular complexity index is 1910. The number of rotatable bonds is 26. The van der Waals surface area contributed by atoms with Gasteiger partial charge in [-0.25, -0.2) is 9.36 Å². The van der Waals surface area contributed by atoms with Crippen molar-refractivity contribution in [3.63, 3.8) is 0 Å². The highest BCUT2D eigenvalue weighted by Gasteiger charge is 2.54. The second-order valence-corrected chi connectivity index (χ2v) is 15.3. The zero-order valence-electron chi connectivity index (χ0n) is 39.4. The van der Waals surface area contributed by atoms with Gasteiger partial charge in [0.05, 0.1) is 51.9 Å². The summed E-state index contributed by atoms with van der Waals surface area (Å²) in [6.07, 6.45) is -9.30. The number of carbonyl (C=O) groups excluding carboxylic acids is 8. The molecule has 2 fully saturated rings. The van der Waals surface area contributed by atoms with Crippen molar-refractivity contribution in [2.24, 2.45) is 0 Å². The van der Waals surface area contributed by atoms with Crippen molar-refractivity contribution in [3.8, 4) is 0 Å². The summed E-state index contributed by atoms with van der Waals surface area (Å²) in [5.74, 6) is -5.86. The second-order valence-electron chi connectivity index (χ2n) is 15.3. The monoisotopic (exact) mass is 986 g/mol. The molecule has 69 heavy (non-hydrogen) atoms. The molecule has 0 aliphatic carbocycles. The molecular formula is C41H58N6O22. The SMILES string of the molecule is CC(=O)OC[C@H]1O[C@@H](OCCn2cc(COCCCOCc3cn(CCO[C@@H]4O[C@H](COC(C)=O)[C@@H](OC(C)=O)[C@H](OC(C)=O)[C@@H]4OC(C)=O)nn3)nn2)[C@@H](OC(C)=O)[C@@H](OC(C)=O)[C@@H]1OC(C)=O. The number of ether oxygens (including phenoxy) is 14. The fourth-order valence-corrected chi connectivity index (χ4v) is 6.81. The van der Waals surface area contributed by atoms with Crippen LogP contribution in [-0.4, -0.2) is 179 Å². The van der Waals surface area contributed by atoms with Crippen molar-refractivity contribution in [3.05, 3.63) is 23.8 Å². The van der Waals surface area contributed by atoms with E-state index in [4.69, 9.17) is 66.3 Å². The van der Waals surface area contributed by atoms with Gasteiger partial charge >= 0.3 is 47.8 Å². The Hall–Kier alpha value is -6.20. The van der Waals surface area contributed by atoms with Crippen LogP contribution in [0.25, 0.3) is 0 Å². The van der Waals surface area contributed by atoms with Gasteiger partial charge in [-0.1, -0.05) is 10.4 Å². The summed E-state index contributed by atoms with van der Waals surface area (Å²) < 4.78 is 80.6. The van der Waals surface area contributed by atoms with Gasteiger partial charge in [0, 0.05) is 68.6 Å². The third kappa shape index (κ3) is 19.0. The van der Waals surface area contributed by atoms with E-state index < -0.39 is 122 Å². The lowest BCUT2D eigenvalue weighted by Gasteiger charge is -2.44. The predicted molar refractivity (Wildman–Crippen MR) is 220 cm³/mol. The maximum atomic E-state index is 12.1. The molecule has 28 heteroatoms. The van der Waals surface area contributed by atoms with Crippen LogP contribution in [0.15, 0.2) is 12.4 Å². The van der Waals surface area contributed by atoms with Gasteiger partial charge in [0.1, 0.15) is 36.8 Å². The Balaban J connectivity index is 1.20. The molecule has 2 aliphatic heterocycles. The molecule has 0 unspecified atom stereocenters. The van der Waals surface area contributed by atoms with Gasteiger partial charge in [-0.05, 0) is 6.42 Å². The van der Waals surface area contributed by atoms with Gasteiger partial charge in [-0.3, -0.25) is 38.4 Å². The van der Waals surface area contributed by atoms with E-state index in [0.717, 1.165) is 41.5 Å². The lowest BCUT2D eigenvalue weighted by molar-refractivity contribution is -0.308. The summed E-state index contributed by atoms with van der Waals surface area (Å²) in [7, 11) is 0. The third-order valence-corrected chi connectivity index (χ3v) is 9.35. The number of esters is 8. The topological polar surface area (TPSA) is 327 Å². The van der Waals surface area contributed by atoms with E-state index >= 15 is 0 Å². The molecule has 28 nitrogen and oxygen atoms in total. The van der Waals surface area contributed by atoms with E-state index in [9.17, 15) is 38.4 Å². The highest BCUT2D eigenvalue weighted by molar-refractivity contribution is 5.70. The van der Waals surface area contributed by atoms with E-state index in [0.29, 0.717) is 31.0 Å². The standard InChI is InChI=1S/C41H58N6O22/c1-22(48)60-20-32-34(62-24(3)50)36(64-26(5)52)38(66-28(7)54)40(68-32)58-14-10-46-16-30(42-44-46)18-56-12-9-13-57-19-31-17-47(45-43-31)11-15-59-41-39(67-29(8)55)37(65-27(6)53)35(63-25(4)51)33(69-41)21-61-23(2)49/h16-17,32-41H,9-15,18-21H2,1-8H3/t32-,33-,34-,35-,36+,37+,38+,39+,40-,41-/m1/s1. The molecule has 0 bridgehead atoms. The van der Waals surface area contributed by atoms with Crippen molar-refractivity contribution in [2.75, 3.05) is 39.6 Å². The first-order valence-electron chi connectivity index (χ1n) is 21.6. The van der Waals surface area contributed by atoms with Crippen LogP contribution in [0.4, 0.5) is 0 Å². The maximum absolute atomic E-state index is 12.1. The number of hydrogen-bond donors (Lipinski definition) is 0. The Labute approximate surface area is 394 Å². The average Bonchev–Trinajstić information content (AvgIpc) is 3.91. The fraction of sp³-hybridized carbons (Fsp3) is 0.707. The summed E-state index contributed by atoms with van der Waals surface area (Å²) >= 11 is 0. The average molecular weight is 987 g/mol. The van der Waals surface area contributed by atoms with Crippen LogP contribution >= 0.6 is 0 Å². The molecule has 0 radical (unpaired) electrons. The van der Waals surface area contributed by atoms with Crippen LogP contribution in [0.5, 0.6) is 0 Å². The highest BCUT2D eigenvalue weighted by atomic mass is 16.7. The Morgan fingerprint density at radius 1 is 0.464 bits per heavy atom. The highest BCUT2D eigenvalue weighted by Crippen LogP contribution is 2.31. The van der Waals surface area contributed by atoms with Crippen LogP contribution in [0, 0.1) is 0 Å². The minimum atomic E-state index is -1.37. The quantitative estimate of drug-likeness (QED) is 0.0632. The van der Waals surface area contributed by atoms with Gasteiger partial charge in [-0.2, -0.15) is 0 Å². The predicted octanol–water partition coefficient (Wildman–Crippen LogP) is -0.807. The molecule has 384 valence electrons. The third-order valence-electron chi connectivity index (χ3n) is 9.35. The van der Waals surface area contributed by atoms with Gasteiger partial charge in [0.2, 0.25) is 0 Å². The van der Waals surface area contributed by atoms with E-state index in [1.807, 2.05) is 0 Å². The van der Waals surface area contributed by atoms with Crippen LogP contribution in [0.1, 0.15) is 73.2 Å². The van der Waals surface area contributed by atoms with Gasteiger partial charge < -0.3 is 66.3 Å². The molecular weight excluding hydrogens is 928 g/mol. The minimum absolute atomic E-state index is 0.0651. The van der Waals surface area contributed by atoms with E-state index in [-0.39, 0.29) is 39.5 Å². The molecule has 2 aromatic rings. The van der Waals surface area contributed by atoms with Gasteiger partial charge in [0.25, 0.3) is 0 Å². The molecule has 2 saturated heterocycles. The Morgan fingerprint density at radius 3 is 1.13 bits per heavy atom. The van der Waals surface area contributed by atoms with E-state index in [1.54, 1.807) is 12.4 Å². The van der Waals surface area contributed by atoms with Gasteiger partial charge in [0.15, 0.2) is 49.2 Å². The minimum Gasteiger partial charge on any atom is -0.463 e. The summed E-state index contributed by atoms with van der Waals surface area (Å²) in [5, 5.41) is 16.3. The molecule has 0 aromatic carbocycles. The first-order valence-corrected chi connectivity index (χ1v) is 21.6. The molecule has 4 heterocycles. The summed E-state index contributed by atoms with van der Waals surface area (Å²) in [4.78, 5) is 95.4.